The Labute approximate surface area is 218 Å². The summed E-state index contributed by atoms with van der Waals surface area (Å²) < 4.78 is 6.02. The Morgan fingerprint density at radius 3 is 2.38 bits per heavy atom. The Morgan fingerprint density at radius 1 is 1.00 bits per heavy atom. The molecule has 0 radical (unpaired) electrons. The first kappa shape index (κ1) is 24.3. The number of benzene rings is 3. The number of nitro groups is 1. The van der Waals surface area contributed by atoms with E-state index in [4.69, 9.17) is 9.41 Å². The monoisotopic (exact) mass is 509 g/mol. The lowest BCUT2D eigenvalue weighted by atomic mass is 10.1. The molecule has 1 atom stereocenters. The molecule has 3 aromatic carbocycles. The summed E-state index contributed by atoms with van der Waals surface area (Å²) in [6, 6.07) is 27.4. The third-order valence-electron chi connectivity index (χ3n) is 6.07. The van der Waals surface area contributed by atoms with Crippen LogP contribution in [0, 0.1) is 17.0 Å². The molecule has 37 heavy (non-hydrogen) atoms. The van der Waals surface area contributed by atoms with Gasteiger partial charge in [0.15, 0.2) is 5.17 Å². The van der Waals surface area contributed by atoms with Crippen molar-refractivity contribution in [2.75, 3.05) is 0 Å². The van der Waals surface area contributed by atoms with Crippen molar-refractivity contribution in [1.29, 1.82) is 0 Å². The SMILES string of the molecule is Cc1cc([N+](=O)[O-])ccc1-c1ccc(/C=C2/SC(=Nc3ccccc3)N([C@@H](C)c3ccccc3)C2=O)o1. The highest BCUT2D eigenvalue weighted by molar-refractivity contribution is 8.18. The lowest BCUT2D eigenvalue weighted by Gasteiger charge is -2.24. The lowest BCUT2D eigenvalue weighted by Crippen LogP contribution is -2.32. The number of aryl methyl sites for hydroxylation is 1. The van der Waals surface area contributed by atoms with Crippen molar-refractivity contribution in [2.45, 2.75) is 19.9 Å². The fourth-order valence-electron chi connectivity index (χ4n) is 4.14. The molecule has 1 fully saturated rings. The van der Waals surface area contributed by atoms with E-state index in [-0.39, 0.29) is 17.6 Å². The van der Waals surface area contributed by atoms with E-state index in [1.807, 2.05) is 67.6 Å². The predicted octanol–water partition coefficient (Wildman–Crippen LogP) is 7.53. The average molecular weight is 510 g/mol. The van der Waals surface area contributed by atoms with Crippen LogP contribution in [0.25, 0.3) is 17.4 Å². The summed E-state index contributed by atoms with van der Waals surface area (Å²) in [5, 5.41) is 11.7. The molecule has 0 bridgehead atoms. The summed E-state index contributed by atoms with van der Waals surface area (Å²) in [5.74, 6) is 0.930. The zero-order valence-corrected chi connectivity index (χ0v) is 21.0. The van der Waals surface area contributed by atoms with Gasteiger partial charge in [0.25, 0.3) is 11.6 Å². The van der Waals surface area contributed by atoms with E-state index in [1.54, 1.807) is 36.1 Å². The summed E-state index contributed by atoms with van der Waals surface area (Å²) in [5.41, 5.74) is 3.28. The van der Waals surface area contributed by atoms with E-state index in [9.17, 15) is 14.9 Å². The second kappa shape index (κ2) is 10.3. The first-order chi connectivity index (χ1) is 17.9. The molecule has 0 N–H and O–H groups in total. The average Bonchev–Trinajstić information content (AvgIpc) is 3.49. The second-order valence-corrected chi connectivity index (χ2v) is 9.57. The Balaban J connectivity index is 1.48. The second-order valence-electron chi connectivity index (χ2n) is 8.56. The van der Waals surface area contributed by atoms with Crippen molar-refractivity contribution in [3.05, 3.63) is 123 Å². The summed E-state index contributed by atoms with van der Waals surface area (Å²) >= 11 is 1.31. The minimum atomic E-state index is -0.422. The predicted molar refractivity (Wildman–Crippen MR) is 146 cm³/mol. The maximum absolute atomic E-state index is 13.6. The number of amides is 1. The van der Waals surface area contributed by atoms with Gasteiger partial charge in [0.05, 0.1) is 21.6 Å². The molecule has 2 heterocycles. The van der Waals surface area contributed by atoms with Crippen LogP contribution in [0.4, 0.5) is 11.4 Å². The van der Waals surface area contributed by atoms with Gasteiger partial charge in [-0.2, -0.15) is 0 Å². The summed E-state index contributed by atoms with van der Waals surface area (Å²) in [6.07, 6.45) is 1.72. The zero-order chi connectivity index (χ0) is 25.9. The number of para-hydroxylation sites is 1. The number of hydrogen-bond acceptors (Lipinski definition) is 6. The number of carbonyl (C=O) groups is 1. The Hall–Kier alpha value is -4.43. The minimum absolute atomic E-state index is 0.0287. The molecule has 4 aromatic rings. The molecule has 184 valence electrons. The van der Waals surface area contributed by atoms with Gasteiger partial charge in [0.1, 0.15) is 11.5 Å². The Kier molecular flexibility index (Phi) is 6.74. The molecule has 7 nitrogen and oxygen atoms in total. The molecule has 0 spiro atoms. The van der Waals surface area contributed by atoms with Gasteiger partial charge in [-0.15, -0.1) is 0 Å². The van der Waals surface area contributed by atoms with Crippen LogP contribution in [0.15, 0.2) is 105 Å². The van der Waals surface area contributed by atoms with Crippen molar-refractivity contribution in [2.24, 2.45) is 4.99 Å². The van der Waals surface area contributed by atoms with Crippen LogP contribution in [-0.2, 0) is 4.79 Å². The summed E-state index contributed by atoms with van der Waals surface area (Å²) in [4.78, 5) is 31.2. The zero-order valence-electron chi connectivity index (χ0n) is 20.2. The Bertz CT molecular complexity index is 1530. The molecule has 0 aliphatic carbocycles. The van der Waals surface area contributed by atoms with E-state index in [1.165, 1.54) is 23.9 Å². The number of non-ortho nitro benzene ring substituents is 1. The highest BCUT2D eigenvalue weighted by atomic mass is 32.2. The standard InChI is InChI=1S/C29H23N3O4S/c1-19-17-23(32(34)35)13-15-25(19)26-16-14-24(36-26)18-27-28(33)31(20(2)21-9-5-3-6-10-21)29(37-27)30-22-11-7-4-8-12-22/h3-18,20H,1-2H3/b27-18+,30-29?/t20-/m0/s1. The quantitative estimate of drug-likeness (QED) is 0.152. The molecule has 0 saturated carbocycles. The largest absolute Gasteiger partial charge is 0.457 e. The third kappa shape index (κ3) is 5.10. The van der Waals surface area contributed by atoms with Gasteiger partial charge >= 0.3 is 0 Å². The number of aliphatic imine (C=N–C) groups is 1. The van der Waals surface area contributed by atoms with Gasteiger partial charge in [0, 0.05) is 23.8 Å². The first-order valence-corrected chi connectivity index (χ1v) is 12.5. The van der Waals surface area contributed by atoms with Crippen LogP contribution < -0.4 is 0 Å². The van der Waals surface area contributed by atoms with Crippen LogP contribution in [0.2, 0.25) is 0 Å². The fraction of sp³-hybridized carbons (Fsp3) is 0.103. The fourth-order valence-corrected chi connectivity index (χ4v) is 5.19. The minimum Gasteiger partial charge on any atom is -0.457 e. The van der Waals surface area contributed by atoms with E-state index in [0.29, 0.717) is 21.6 Å². The maximum atomic E-state index is 13.6. The molecule has 1 aliphatic heterocycles. The number of hydrogen-bond donors (Lipinski definition) is 0. The molecule has 5 rings (SSSR count). The molecular formula is C29H23N3O4S. The van der Waals surface area contributed by atoms with Gasteiger partial charge in [-0.1, -0.05) is 48.5 Å². The van der Waals surface area contributed by atoms with Crippen LogP contribution >= 0.6 is 11.8 Å². The molecule has 8 heteroatoms. The van der Waals surface area contributed by atoms with Crippen LogP contribution in [-0.4, -0.2) is 20.9 Å². The van der Waals surface area contributed by atoms with Crippen LogP contribution in [0.5, 0.6) is 0 Å². The van der Waals surface area contributed by atoms with Gasteiger partial charge in [0.2, 0.25) is 0 Å². The van der Waals surface area contributed by atoms with Crippen molar-refractivity contribution in [3.63, 3.8) is 0 Å². The molecule has 1 amide bonds. The number of rotatable bonds is 6. The van der Waals surface area contributed by atoms with Crippen molar-refractivity contribution in [1.82, 2.24) is 4.90 Å². The number of thioether (sulfide) groups is 1. The topological polar surface area (TPSA) is 89.0 Å². The number of nitrogens with zero attached hydrogens (tertiary/aromatic N) is 3. The smallest absolute Gasteiger partial charge is 0.269 e. The first-order valence-electron chi connectivity index (χ1n) is 11.7. The molecule has 1 saturated heterocycles. The molecular weight excluding hydrogens is 486 g/mol. The van der Waals surface area contributed by atoms with Gasteiger partial charge in [-0.05, 0) is 67.1 Å². The van der Waals surface area contributed by atoms with Crippen molar-refractivity contribution in [3.8, 4) is 11.3 Å². The summed E-state index contributed by atoms with van der Waals surface area (Å²) in [7, 11) is 0. The normalized spacial score (nSPS) is 16.5. The van der Waals surface area contributed by atoms with Crippen molar-refractivity contribution >= 4 is 40.3 Å². The molecule has 0 unspecified atom stereocenters. The molecule has 1 aliphatic rings. The Morgan fingerprint density at radius 2 is 1.70 bits per heavy atom. The van der Waals surface area contributed by atoms with E-state index < -0.39 is 4.92 Å². The van der Waals surface area contributed by atoms with Crippen LogP contribution in [0.3, 0.4) is 0 Å². The lowest BCUT2D eigenvalue weighted by molar-refractivity contribution is -0.384. The van der Waals surface area contributed by atoms with E-state index >= 15 is 0 Å². The summed E-state index contributed by atoms with van der Waals surface area (Å²) in [6.45, 7) is 3.79. The van der Waals surface area contributed by atoms with Gasteiger partial charge in [-0.25, -0.2) is 4.99 Å². The number of carbonyl (C=O) groups excluding carboxylic acids is 1. The highest BCUT2D eigenvalue weighted by Gasteiger charge is 2.37. The number of nitro benzene ring substituents is 1. The van der Waals surface area contributed by atoms with Gasteiger partial charge in [-0.3, -0.25) is 19.8 Å². The van der Waals surface area contributed by atoms with Crippen molar-refractivity contribution < 1.29 is 14.1 Å². The number of furan rings is 1. The van der Waals surface area contributed by atoms with E-state index in [2.05, 4.69) is 0 Å². The van der Waals surface area contributed by atoms with Crippen LogP contribution in [0.1, 0.15) is 29.9 Å². The highest BCUT2D eigenvalue weighted by Crippen LogP contribution is 2.39. The molecule has 1 aromatic heterocycles. The van der Waals surface area contributed by atoms with Gasteiger partial charge < -0.3 is 4.42 Å². The van der Waals surface area contributed by atoms with E-state index in [0.717, 1.165) is 22.4 Å². The third-order valence-corrected chi connectivity index (χ3v) is 7.06. The maximum Gasteiger partial charge on any atom is 0.269 e. The number of amidine groups is 1.